The van der Waals surface area contributed by atoms with E-state index in [9.17, 15) is 4.79 Å². The number of para-hydroxylation sites is 1. The van der Waals surface area contributed by atoms with Gasteiger partial charge in [-0.25, -0.2) is 4.68 Å². The number of hydrogen-bond acceptors (Lipinski definition) is 7. The number of nitrogens with one attached hydrogen (secondary N) is 1. The molecular weight excluding hydrogens is 444 g/mol. The van der Waals surface area contributed by atoms with Crippen molar-refractivity contribution < 1.29 is 9.47 Å². The average Bonchev–Trinajstić information content (AvgIpc) is 3.61. The van der Waals surface area contributed by atoms with Crippen LogP contribution in [0.5, 0.6) is 5.75 Å². The molecule has 9 nitrogen and oxygen atoms in total. The summed E-state index contributed by atoms with van der Waals surface area (Å²) in [5, 5.41) is 13.7. The quantitative estimate of drug-likeness (QED) is 0.460. The first-order valence-electron chi connectivity index (χ1n) is 12.1. The Hall–Kier alpha value is -3.72. The molecule has 9 heteroatoms. The first kappa shape index (κ1) is 21.8. The van der Waals surface area contributed by atoms with Crippen molar-refractivity contribution in [2.45, 2.75) is 50.9 Å². The van der Waals surface area contributed by atoms with Crippen LogP contribution in [0.4, 0.5) is 5.69 Å². The zero-order valence-electron chi connectivity index (χ0n) is 19.8. The second kappa shape index (κ2) is 8.81. The lowest BCUT2D eigenvalue weighted by Gasteiger charge is -2.33. The number of hydrogen-bond donors (Lipinski definition) is 1. The van der Waals surface area contributed by atoms with Crippen LogP contribution in [0.15, 0.2) is 53.3 Å². The number of aromatic amines is 1. The molecule has 0 aliphatic carbocycles. The molecule has 2 aromatic carbocycles. The van der Waals surface area contributed by atoms with E-state index in [1.54, 1.807) is 7.11 Å². The minimum absolute atomic E-state index is 0.0698. The molecule has 2 aromatic heterocycles. The van der Waals surface area contributed by atoms with Gasteiger partial charge in [0.05, 0.1) is 19.8 Å². The summed E-state index contributed by atoms with van der Waals surface area (Å²) in [6, 6.07) is 15.6. The van der Waals surface area contributed by atoms with Crippen LogP contribution in [0, 0.1) is 0 Å². The molecule has 0 bridgehead atoms. The van der Waals surface area contributed by atoms with Crippen LogP contribution >= 0.6 is 0 Å². The Labute approximate surface area is 202 Å². The molecule has 2 aliphatic heterocycles. The van der Waals surface area contributed by atoms with E-state index in [1.165, 1.54) is 5.56 Å². The lowest BCUT2D eigenvalue weighted by molar-refractivity contribution is 0.0924. The molecule has 0 amide bonds. The number of fused-ring (bicyclic) bond motifs is 2. The summed E-state index contributed by atoms with van der Waals surface area (Å²) in [4.78, 5) is 18.9. The number of methoxy groups -OCH3 is 1. The highest BCUT2D eigenvalue weighted by Gasteiger charge is 2.38. The number of benzene rings is 2. The normalized spacial score (nSPS) is 20.3. The monoisotopic (exact) mass is 472 g/mol. The minimum atomic E-state index is -0.468. The Balaban J connectivity index is 1.53. The third kappa shape index (κ3) is 3.85. The van der Waals surface area contributed by atoms with Crippen molar-refractivity contribution in [3.63, 3.8) is 0 Å². The maximum Gasteiger partial charge on any atom is 0.254 e. The summed E-state index contributed by atoms with van der Waals surface area (Å²) < 4.78 is 13.1. The van der Waals surface area contributed by atoms with Gasteiger partial charge in [-0.2, -0.15) is 0 Å². The van der Waals surface area contributed by atoms with Crippen LogP contribution < -0.4 is 15.2 Å². The first-order chi connectivity index (χ1) is 17.1. The second-order valence-corrected chi connectivity index (χ2v) is 9.35. The Bertz CT molecular complexity index is 1420. The number of pyridine rings is 1. The molecular formula is C26H28N6O3. The highest BCUT2D eigenvalue weighted by molar-refractivity contribution is 5.81. The van der Waals surface area contributed by atoms with Gasteiger partial charge in [-0.05, 0) is 72.5 Å². The molecule has 180 valence electrons. The summed E-state index contributed by atoms with van der Waals surface area (Å²) in [6.07, 6.45) is 2.97. The Morgan fingerprint density at radius 2 is 2.11 bits per heavy atom. The zero-order chi connectivity index (χ0) is 23.9. The standard InChI is InChI=1S/C26H28N6O3/c1-16-12-17-6-3-4-8-23(17)32(16)24(25-28-29-30-31(25)15-20-7-5-11-35-20)21-14-18-13-19(34-2)9-10-22(18)27-26(21)33/h3-4,6,8-10,13-14,16,20,24H,5,7,11-12,15H2,1-2H3,(H,27,33). The third-order valence-electron chi connectivity index (χ3n) is 7.12. The van der Waals surface area contributed by atoms with Crippen LogP contribution in [0.25, 0.3) is 10.9 Å². The van der Waals surface area contributed by atoms with Crippen molar-refractivity contribution in [2.24, 2.45) is 0 Å². The van der Waals surface area contributed by atoms with Gasteiger partial charge >= 0.3 is 0 Å². The number of tetrazole rings is 1. The Kier molecular flexibility index (Phi) is 5.49. The van der Waals surface area contributed by atoms with E-state index < -0.39 is 6.04 Å². The molecule has 3 atom stereocenters. The Morgan fingerprint density at radius 3 is 2.94 bits per heavy atom. The van der Waals surface area contributed by atoms with Crippen molar-refractivity contribution in [3.05, 3.63) is 75.8 Å². The number of aromatic nitrogens is 5. The number of nitrogens with zero attached hydrogens (tertiary/aromatic N) is 5. The van der Waals surface area contributed by atoms with Crippen molar-refractivity contribution >= 4 is 16.6 Å². The number of anilines is 1. The van der Waals surface area contributed by atoms with Crippen LogP contribution in [0.2, 0.25) is 0 Å². The molecule has 6 rings (SSSR count). The van der Waals surface area contributed by atoms with Gasteiger partial charge in [0.1, 0.15) is 11.8 Å². The molecule has 35 heavy (non-hydrogen) atoms. The summed E-state index contributed by atoms with van der Waals surface area (Å²) in [5.41, 5.74) is 3.55. The molecule has 1 N–H and O–H groups in total. The number of ether oxygens (including phenoxy) is 2. The van der Waals surface area contributed by atoms with Crippen molar-refractivity contribution in [3.8, 4) is 5.75 Å². The molecule has 2 aliphatic rings. The van der Waals surface area contributed by atoms with E-state index in [0.717, 1.165) is 48.2 Å². The molecule has 1 saturated heterocycles. The summed E-state index contributed by atoms with van der Waals surface area (Å²) >= 11 is 0. The lowest BCUT2D eigenvalue weighted by Crippen LogP contribution is -2.39. The van der Waals surface area contributed by atoms with E-state index in [1.807, 2.05) is 35.0 Å². The first-order valence-corrected chi connectivity index (χ1v) is 12.1. The molecule has 0 spiro atoms. The highest BCUT2D eigenvalue weighted by Crippen LogP contribution is 2.40. The molecule has 4 heterocycles. The summed E-state index contributed by atoms with van der Waals surface area (Å²) in [5.74, 6) is 1.37. The molecule has 0 radical (unpaired) electrons. The van der Waals surface area contributed by atoms with Crippen molar-refractivity contribution in [1.29, 1.82) is 0 Å². The third-order valence-corrected chi connectivity index (χ3v) is 7.12. The van der Waals surface area contributed by atoms with E-state index >= 15 is 0 Å². The van der Waals surface area contributed by atoms with E-state index in [0.29, 0.717) is 17.9 Å². The Morgan fingerprint density at radius 1 is 1.23 bits per heavy atom. The van der Waals surface area contributed by atoms with Crippen molar-refractivity contribution in [1.82, 2.24) is 25.2 Å². The van der Waals surface area contributed by atoms with E-state index in [-0.39, 0.29) is 17.7 Å². The maximum absolute atomic E-state index is 13.5. The molecule has 1 fully saturated rings. The van der Waals surface area contributed by atoms with Gasteiger partial charge in [0.15, 0.2) is 5.82 Å². The fourth-order valence-electron chi connectivity index (χ4n) is 5.45. The maximum atomic E-state index is 13.5. The predicted molar refractivity (Wildman–Crippen MR) is 132 cm³/mol. The fourth-order valence-corrected chi connectivity index (χ4v) is 5.45. The van der Waals surface area contributed by atoms with Gasteiger partial charge in [-0.1, -0.05) is 18.2 Å². The molecule has 4 aromatic rings. The summed E-state index contributed by atoms with van der Waals surface area (Å²) in [7, 11) is 1.64. The smallest absolute Gasteiger partial charge is 0.254 e. The summed E-state index contributed by atoms with van der Waals surface area (Å²) in [6.45, 7) is 3.50. The van der Waals surface area contributed by atoms with Gasteiger partial charge in [0.2, 0.25) is 0 Å². The molecule has 3 unspecified atom stereocenters. The van der Waals surface area contributed by atoms with Crippen LogP contribution in [-0.4, -0.2) is 51.1 Å². The van der Waals surface area contributed by atoms with Crippen molar-refractivity contribution in [2.75, 3.05) is 18.6 Å². The molecule has 0 saturated carbocycles. The lowest BCUT2D eigenvalue weighted by atomic mass is 10.0. The van der Waals surface area contributed by atoms with Crippen LogP contribution in [-0.2, 0) is 17.7 Å². The largest absolute Gasteiger partial charge is 0.497 e. The number of rotatable bonds is 6. The number of H-pyrrole nitrogens is 1. The van der Waals surface area contributed by atoms with E-state index in [2.05, 4.69) is 50.5 Å². The topological polar surface area (TPSA) is 98.2 Å². The zero-order valence-corrected chi connectivity index (χ0v) is 19.8. The predicted octanol–water partition coefficient (Wildman–Crippen LogP) is 3.24. The van der Waals surface area contributed by atoms with Gasteiger partial charge < -0.3 is 19.4 Å². The second-order valence-electron chi connectivity index (χ2n) is 9.35. The van der Waals surface area contributed by atoms with Crippen LogP contribution in [0.3, 0.4) is 0 Å². The minimum Gasteiger partial charge on any atom is -0.497 e. The van der Waals surface area contributed by atoms with Crippen LogP contribution in [0.1, 0.15) is 42.8 Å². The highest BCUT2D eigenvalue weighted by atomic mass is 16.5. The van der Waals surface area contributed by atoms with Gasteiger partial charge in [-0.15, -0.1) is 5.10 Å². The fraction of sp³-hybridized carbons (Fsp3) is 0.385. The average molecular weight is 473 g/mol. The van der Waals surface area contributed by atoms with Gasteiger partial charge in [0, 0.05) is 34.8 Å². The SMILES string of the molecule is COc1ccc2[nH]c(=O)c(C(c3nnnn3CC3CCCO3)N3c4ccccc4CC3C)cc2c1. The van der Waals surface area contributed by atoms with E-state index in [4.69, 9.17) is 9.47 Å². The van der Waals surface area contributed by atoms with Gasteiger partial charge in [-0.3, -0.25) is 4.79 Å². The van der Waals surface area contributed by atoms with Gasteiger partial charge in [0.25, 0.3) is 5.56 Å².